The summed E-state index contributed by atoms with van der Waals surface area (Å²) in [6, 6.07) is 0. The molecular formula is C10H20O. The SMILES string of the molecule is [CH2]CC(C)(C)OC(C)(C)C[CH2]. The lowest BCUT2D eigenvalue weighted by Gasteiger charge is -2.34. The normalized spacial score (nSPS) is 13.6. The van der Waals surface area contributed by atoms with Crippen molar-refractivity contribution in [2.45, 2.75) is 51.7 Å². The molecule has 0 rings (SSSR count). The van der Waals surface area contributed by atoms with E-state index in [4.69, 9.17) is 4.74 Å². The van der Waals surface area contributed by atoms with E-state index in [1.165, 1.54) is 0 Å². The third-order valence-electron chi connectivity index (χ3n) is 1.76. The maximum Gasteiger partial charge on any atom is 0.0633 e. The first-order chi connectivity index (χ1) is 4.83. The number of ether oxygens (including phenoxy) is 1. The maximum atomic E-state index is 5.80. The van der Waals surface area contributed by atoms with Gasteiger partial charge in [0, 0.05) is 0 Å². The van der Waals surface area contributed by atoms with E-state index in [1.54, 1.807) is 0 Å². The molecule has 11 heavy (non-hydrogen) atoms. The van der Waals surface area contributed by atoms with Gasteiger partial charge in [-0.3, -0.25) is 0 Å². The summed E-state index contributed by atoms with van der Waals surface area (Å²) in [5, 5.41) is 0. The smallest absolute Gasteiger partial charge is 0.0633 e. The molecular weight excluding hydrogens is 136 g/mol. The van der Waals surface area contributed by atoms with Crippen LogP contribution in [0.5, 0.6) is 0 Å². The summed E-state index contributed by atoms with van der Waals surface area (Å²) in [6.45, 7) is 15.9. The quantitative estimate of drug-likeness (QED) is 0.608. The van der Waals surface area contributed by atoms with Crippen LogP contribution in [0.25, 0.3) is 0 Å². The van der Waals surface area contributed by atoms with Gasteiger partial charge in [0.2, 0.25) is 0 Å². The lowest BCUT2D eigenvalue weighted by Crippen LogP contribution is -2.36. The largest absolute Gasteiger partial charge is 0.370 e. The first kappa shape index (κ1) is 11.0. The second kappa shape index (κ2) is 3.57. The van der Waals surface area contributed by atoms with Crippen LogP contribution in [0.15, 0.2) is 0 Å². The van der Waals surface area contributed by atoms with Gasteiger partial charge in [-0.2, -0.15) is 0 Å². The van der Waals surface area contributed by atoms with Crippen LogP contribution in [0.1, 0.15) is 40.5 Å². The van der Waals surface area contributed by atoms with E-state index in [-0.39, 0.29) is 11.2 Å². The van der Waals surface area contributed by atoms with Crippen molar-refractivity contribution in [3.8, 4) is 0 Å². The van der Waals surface area contributed by atoms with Gasteiger partial charge in [-0.25, -0.2) is 0 Å². The molecule has 0 heterocycles. The van der Waals surface area contributed by atoms with E-state index in [0.29, 0.717) is 0 Å². The molecule has 0 aliphatic carbocycles. The molecule has 66 valence electrons. The van der Waals surface area contributed by atoms with Gasteiger partial charge in [-0.05, 0) is 40.5 Å². The van der Waals surface area contributed by atoms with E-state index >= 15 is 0 Å². The van der Waals surface area contributed by atoms with E-state index < -0.39 is 0 Å². The van der Waals surface area contributed by atoms with Gasteiger partial charge in [0.05, 0.1) is 11.2 Å². The zero-order chi connectivity index (χ0) is 9.12. The van der Waals surface area contributed by atoms with Gasteiger partial charge >= 0.3 is 0 Å². The fourth-order valence-electron chi connectivity index (χ4n) is 0.850. The van der Waals surface area contributed by atoms with Gasteiger partial charge in [-0.15, -0.1) is 0 Å². The monoisotopic (exact) mass is 156 g/mol. The van der Waals surface area contributed by atoms with Gasteiger partial charge in [0.15, 0.2) is 0 Å². The van der Waals surface area contributed by atoms with Crippen LogP contribution >= 0.6 is 0 Å². The minimum Gasteiger partial charge on any atom is -0.370 e. The molecule has 0 saturated carbocycles. The molecule has 0 N–H and O–H groups in total. The first-order valence-electron chi connectivity index (χ1n) is 4.12. The Labute approximate surface area is 71.1 Å². The van der Waals surface area contributed by atoms with Gasteiger partial charge in [0.25, 0.3) is 0 Å². The zero-order valence-electron chi connectivity index (χ0n) is 8.24. The Morgan fingerprint density at radius 2 is 1.18 bits per heavy atom. The Morgan fingerprint density at radius 1 is 0.909 bits per heavy atom. The van der Waals surface area contributed by atoms with Crippen molar-refractivity contribution < 1.29 is 4.74 Å². The molecule has 0 fully saturated rings. The third-order valence-corrected chi connectivity index (χ3v) is 1.76. The summed E-state index contributed by atoms with van der Waals surface area (Å²) in [4.78, 5) is 0. The van der Waals surface area contributed by atoms with Crippen molar-refractivity contribution in [1.82, 2.24) is 0 Å². The highest BCUT2D eigenvalue weighted by Gasteiger charge is 2.25. The van der Waals surface area contributed by atoms with Crippen LogP contribution in [0, 0.1) is 13.8 Å². The molecule has 0 aromatic rings. The van der Waals surface area contributed by atoms with Crippen LogP contribution in [-0.4, -0.2) is 11.2 Å². The fourth-order valence-corrected chi connectivity index (χ4v) is 0.850. The Morgan fingerprint density at radius 3 is 1.36 bits per heavy atom. The molecule has 0 saturated heterocycles. The van der Waals surface area contributed by atoms with Crippen molar-refractivity contribution in [3.05, 3.63) is 13.8 Å². The number of hydrogen-bond donors (Lipinski definition) is 0. The van der Waals surface area contributed by atoms with Crippen LogP contribution in [0.4, 0.5) is 0 Å². The molecule has 0 atom stereocenters. The molecule has 0 aromatic heterocycles. The molecule has 0 spiro atoms. The van der Waals surface area contributed by atoms with Crippen molar-refractivity contribution in [3.63, 3.8) is 0 Å². The average Bonchev–Trinajstić information content (AvgIpc) is 1.86. The van der Waals surface area contributed by atoms with Crippen molar-refractivity contribution >= 4 is 0 Å². The Hall–Kier alpha value is -0.0400. The Balaban J connectivity index is 4.02. The van der Waals surface area contributed by atoms with E-state index in [2.05, 4.69) is 41.5 Å². The molecule has 0 bridgehead atoms. The molecule has 1 heteroatoms. The molecule has 0 aliphatic heterocycles. The fraction of sp³-hybridized carbons (Fsp3) is 0.800. The van der Waals surface area contributed by atoms with Gasteiger partial charge in [0.1, 0.15) is 0 Å². The Bertz CT molecular complexity index is 100. The van der Waals surface area contributed by atoms with Crippen molar-refractivity contribution in [2.75, 3.05) is 0 Å². The van der Waals surface area contributed by atoms with Gasteiger partial charge < -0.3 is 4.74 Å². The lowest BCUT2D eigenvalue weighted by atomic mass is 10.0. The minimum absolute atomic E-state index is 0.124. The third kappa shape index (κ3) is 4.41. The maximum absolute atomic E-state index is 5.80. The second-order valence-electron chi connectivity index (χ2n) is 4.12. The van der Waals surface area contributed by atoms with Crippen LogP contribution in [0.3, 0.4) is 0 Å². The van der Waals surface area contributed by atoms with E-state index in [9.17, 15) is 0 Å². The predicted molar refractivity (Wildman–Crippen MR) is 49.2 cm³/mol. The molecule has 0 amide bonds. The average molecular weight is 156 g/mol. The lowest BCUT2D eigenvalue weighted by molar-refractivity contribution is -0.119. The zero-order valence-corrected chi connectivity index (χ0v) is 8.24. The molecule has 2 radical (unpaired) electrons. The topological polar surface area (TPSA) is 9.23 Å². The van der Waals surface area contributed by atoms with E-state index in [0.717, 1.165) is 12.8 Å². The number of hydrogen-bond acceptors (Lipinski definition) is 1. The van der Waals surface area contributed by atoms with E-state index in [1.807, 2.05) is 0 Å². The van der Waals surface area contributed by atoms with Crippen LogP contribution in [0.2, 0.25) is 0 Å². The summed E-state index contributed by atoms with van der Waals surface area (Å²) in [5.41, 5.74) is -0.248. The summed E-state index contributed by atoms with van der Waals surface area (Å²) < 4.78 is 5.80. The molecule has 0 aliphatic rings. The summed E-state index contributed by atoms with van der Waals surface area (Å²) in [6.07, 6.45) is 1.58. The summed E-state index contributed by atoms with van der Waals surface area (Å²) in [7, 11) is 0. The van der Waals surface area contributed by atoms with Crippen molar-refractivity contribution in [1.29, 1.82) is 0 Å². The summed E-state index contributed by atoms with van der Waals surface area (Å²) in [5.74, 6) is 0. The molecule has 0 aromatic carbocycles. The minimum atomic E-state index is -0.124. The highest BCUT2D eigenvalue weighted by molar-refractivity contribution is 4.78. The standard InChI is InChI=1S/C10H20O/c1-7-9(3,4)11-10(5,6)8-2/h1-2,7-8H2,3-6H3. The van der Waals surface area contributed by atoms with Crippen LogP contribution in [-0.2, 0) is 4.74 Å². The number of rotatable bonds is 4. The second-order valence-corrected chi connectivity index (χ2v) is 4.12. The molecule has 0 unspecified atom stereocenters. The van der Waals surface area contributed by atoms with Gasteiger partial charge in [-0.1, -0.05) is 13.8 Å². The highest BCUT2D eigenvalue weighted by Crippen LogP contribution is 2.24. The molecule has 1 nitrogen and oxygen atoms in total. The van der Waals surface area contributed by atoms with Crippen molar-refractivity contribution in [2.24, 2.45) is 0 Å². The first-order valence-corrected chi connectivity index (χ1v) is 4.12. The predicted octanol–water partition coefficient (Wildman–Crippen LogP) is 3.01. The Kier molecular flexibility index (Phi) is 3.56. The summed E-state index contributed by atoms with van der Waals surface area (Å²) >= 11 is 0. The highest BCUT2D eigenvalue weighted by atomic mass is 16.5. The van der Waals surface area contributed by atoms with Crippen LogP contribution < -0.4 is 0 Å².